The van der Waals surface area contributed by atoms with Crippen molar-refractivity contribution < 1.29 is 4.74 Å². The number of likely N-dealkylation sites (N-methyl/N-ethyl adjacent to an activating group) is 1. The molecule has 1 heterocycles. The van der Waals surface area contributed by atoms with Crippen LogP contribution in [-0.2, 0) is 6.42 Å². The summed E-state index contributed by atoms with van der Waals surface area (Å²) in [7, 11) is 3.61. The number of hydrogen-bond acceptors (Lipinski definition) is 3. The van der Waals surface area contributed by atoms with Crippen molar-refractivity contribution in [3.05, 3.63) is 36.3 Å². The number of methoxy groups -OCH3 is 1. The summed E-state index contributed by atoms with van der Waals surface area (Å²) in [5.74, 6) is 1.87. The van der Waals surface area contributed by atoms with E-state index in [0.29, 0.717) is 0 Å². The van der Waals surface area contributed by atoms with Crippen LogP contribution < -0.4 is 10.1 Å². The van der Waals surface area contributed by atoms with Crippen LogP contribution in [0.15, 0.2) is 30.5 Å². The monoisotopic (exact) mass is 231 g/mol. The fraction of sp³-hybridized carbons (Fsp3) is 0.308. The summed E-state index contributed by atoms with van der Waals surface area (Å²) in [5.41, 5.74) is 2.16. The molecule has 0 saturated heterocycles. The molecule has 17 heavy (non-hydrogen) atoms. The van der Waals surface area contributed by atoms with E-state index in [4.69, 9.17) is 4.74 Å². The fourth-order valence-electron chi connectivity index (χ4n) is 1.65. The number of aromatic nitrogens is 2. The second-order valence-corrected chi connectivity index (χ2v) is 3.83. The average Bonchev–Trinajstić information content (AvgIpc) is 2.85. The zero-order valence-corrected chi connectivity index (χ0v) is 10.2. The van der Waals surface area contributed by atoms with E-state index in [2.05, 4.69) is 15.3 Å². The molecule has 1 aromatic heterocycles. The Kier molecular flexibility index (Phi) is 3.77. The standard InChI is InChI=1S/C13H17N3O/c1-14-8-7-13-15-9-12(16-13)10-3-5-11(17-2)6-4-10/h3-6,9,14H,7-8H2,1-2H3,(H,15,16). The Morgan fingerprint density at radius 1 is 1.29 bits per heavy atom. The highest BCUT2D eigenvalue weighted by Gasteiger charge is 2.03. The third-order valence-corrected chi connectivity index (χ3v) is 2.64. The molecule has 0 spiro atoms. The number of H-pyrrole nitrogens is 1. The Bertz CT molecular complexity index is 462. The molecule has 0 aliphatic heterocycles. The van der Waals surface area contributed by atoms with Crippen molar-refractivity contribution in [3.8, 4) is 17.0 Å². The van der Waals surface area contributed by atoms with Gasteiger partial charge in [0.25, 0.3) is 0 Å². The molecule has 0 fully saturated rings. The Hall–Kier alpha value is -1.81. The Morgan fingerprint density at radius 2 is 2.06 bits per heavy atom. The SMILES string of the molecule is CNCCc1ncc(-c2ccc(OC)cc2)[nH]1. The van der Waals surface area contributed by atoms with Crippen molar-refractivity contribution in [3.63, 3.8) is 0 Å². The number of ether oxygens (including phenoxy) is 1. The maximum Gasteiger partial charge on any atom is 0.118 e. The first kappa shape index (κ1) is 11.7. The first-order valence-corrected chi connectivity index (χ1v) is 5.66. The molecule has 0 unspecified atom stereocenters. The molecule has 0 bridgehead atoms. The smallest absolute Gasteiger partial charge is 0.118 e. The fourth-order valence-corrected chi connectivity index (χ4v) is 1.65. The van der Waals surface area contributed by atoms with Crippen LogP contribution in [0.1, 0.15) is 5.82 Å². The van der Waals surface area contributed by atoms with Gasteiger partial charge in [0.1, 0.15) is 11.6 Å². The van der Waals surface area contributed by atoms with E-state index in [0.717, 1.165) is 35.8 Å². The summed E-state index contributed by atoms with van der Waals surface area (Å²) in [4.78, 5) is 7.66. The van der Waals surface area contributed by atoms with E-state index >= 15 is 0 Å². The van der Waals surface area contributed by atoms with Gasteiger partial charge >= 0.3 is 0 Å². The van der Waals surface area contributed by atoms with Gasteiger partial charge in [-0.3, -0.25) is 0 Å². The van der Waals surface area contributed by atoms with Crippen LogP contribution in [0.3, 0.4) is 0 Å². The van der Waals surface area contributed by atoms with Crippen molar-refractivity contribution in [2.45, 2.75) is 6.42 Å². The van der Waals surface area contributed by atoms with Crippen LogP contribution in [0.5, 0.6) is 5.75 Å². The van der Waals surface area contributed by atoms with Crippen molar-refractivity contribution in [2.24, 2.45) is 0 Å². The predicted octanol–water partition coefficient (Wildman–Crippen LogP) is 1.85. The van der Waals surface area contributed by atoms with Crippen molar-refractivity contribution in [2.75, 3.05) is 20.7 Å². The van der Waals surface area contributed by atoms with Gasteiger partial charge in [0.15, 0.2) is 0 Å². The van der Waals surface area contributed by atoms with E-state index in [1.165, 1.54) is 0 Å². The van der Waals surface area contributed by atoms with Crippen LogP contribution in [-0.4, -0.2) is 30.7 Å². The predicted molar refractivity (Wildman–Crippen MR) is 68.2 cm³/mol. The molecule has 0 atom stereocenters. The van der Waals surface area contributed by atoms with E-state index < -0.39 is 0 Å². The quantitative estimate of drug-likeness (QED) is 0.825. The van der Waals surface area contributed by atoms with E-state index in [1.54, 1.807) is 7.11 Å². The summed E-state index contributed by atoms with van der Waals surface area (Å²) < 4.78 is 5.13. The number of hydrogen-bond donors (Lipinski definition) is 2. The maximum atomic E-state index is 5.13. The number of rotatable bonds is 5. The van der Waals surface area contributed by atoms with Crippen molar-refractivity contribution in [1.29, 1.82) is 0 Å². The van der Waals surface area contributed by atoms with Crippen LogP contribution >= 0.6 is 0 Å². The van der Waals surface area contributed by atoms with Crippen molar-refractivity contribution >= 4 is 0 Å². The molecule has 1 aromatic carbocycles. The van der Waals surface area contributed by atoms with Gasteiger partial charge in [-0.05, 0) is 36.9 Å². The zero-order chi connectivity index (χ0) is 12.1. The molecule has 4 heteroatoms. The number of nitrogens with one attached hydrogen (secondary N) is 2. The van der Waals surface area contributed by atoms with Gasteiger partial charge in [-0.1, -0.05) is 0 Å². The molecule has 4 nitrogen and oxygen atoms in total. The van der Waals surface area contributed by atoms with Gasteiger partial charge < -0.3 is 15.0 Å². The molecule has 0 radical (unpaired) electrons. The zero-order valence-electron chi connectivity index (χ0n) is 10.2. The topological polar surface area (TPSA) is 49.9 Å². The Morgan fingerprint density at radius 3 is 2.71 bits per heavy atom. The van der Waals surface area contributed by atoms with Crippen molar-refractivity contribution in [1.82, 2.24) is 15.3 Å². The first-order valence-electron chi connectivity index (χ1n) is 5.66. The molecule has 0 aliphatic carbocycles. The highest BCUT2D eigenvalue weighted by Crippen LogP contribution is 2.20. The lowest BCUT2D eigenvalue weighted by molar-refractivity contribution is 0.415. The maximum absolute atomic E-state index is 5.13. The number of imidazole rings is 1. The molecular formula is C13H17N3O. The van der Waals surface area contributed by atoms with Gasteiger partial charge in [-0.2, -0.15) is 0 Å². The normalized spacial score (nSPS) is 10.5. The largest absolute Gasteiger partial charge is 0.497 e. The second-order valence-electron chi connectivity index (χ2n) is 3.83. The third-order valence-electron chi connectivity index (χ3n) is 2.64. The van der Waals surface area contributed by atoms with Crippen LogP contribution in [0.2, 0.25) is 0 Å². The number of aromatic amines is 1. The van der Waals surface area contributed by atoms with Gasteiger partial charge in [0.2, 0.25) is 0 Å². The number of benzene rings is 1. The summed E-state index contributed by atoms with van der Waals surface area (Å²) in [5, 5.41) is 3.10. The van der Waals surface area contributed by atoms with Gasteiger partial charge in [0.05, 0.1) is 19.0 Å². The van der Waals surface area contributed by atoms with Crippen LogP contribution in [0, 0.1) is 0 Å². The molecule has 0 amide bonds. The highest BCUT2D eigenvalue weighted by atomic mass is 16.5. The molecule has 0 aliphatic rings. The summed E-state index contributed by atoms with van der Waals surface area (Å²) >= 11 is 0. The highest BCUT2D eigenvalue weighted by molar-refractivity contribution is 5.59. The molecule has 2 N–H and O–H groups in total. The van der Waals surface area contributed by atoms with Gasteiger partial charge in [0, 0.05) is 13.0 Å². The summed E-state index contributed by atoms with van der Waals surface area (Å²) in [6.07, 6.45) is 2.78. The third kappa shape index (κ3) is 2.85. The lowest BCUT2D eigenvalue weighted by Gasteiger charge is -2.01. The van der Waals surface area contributed by atoms with E-state index in [-0.39, 0.29) is 0 Å². The first-order chi connectivity index (χ1) is 8.33. The molecule has 0 saturated carbocycles. The molecule has 90 valence electrons. The van der Waals surface area contributed by atoms with Gasteiger partial charge in [-0.25, -0.2) is 4.98 Å². The molecule has 2 aromatic rings. The average molecular weight is 231 g/mol. The van der Waals surface area contributed by atoms with E-state index in [1.807, 2.05) is 37.5 Å². The summed E-state index contributed by atoms with van der Waals surface area (Å²) in [6, 6.07) is 7.94. The van der Waals surface area contributed by atoms with Crippen LogP contribution in [0.25, 0.3) is 11.3 Å². The lowest BCUT2D eigenvalue weighted by Crippen LogP contribution is -2.10. The molecular weight excluding hydrogens is 214 g/mol. The van der Waals surface area contributed by atoms with Gasteiger partial charge in [-0.15, -0.1) is 0 Å². The Labute approximate surface area is 101 Å². The minimum Gasteiger partial charge on any atom is -0.497 e. The minimum atomic E-state index is 0.865. The van der Waals surface area contributed by atoms with E-state index in [9.17, 15) is 0 Å². The summed E-state index contributed by atoms with van der Waals surface area (Å²) in [6.45, 7) is 0.926. The lowest BCUT2D eigenvalue weighted by atomic mass is 10.2. The minimum absolute atomic E-state index is 0.865. The molecule has 2 rings (SSSR count). The second kappa shape index (κ2) is 5.50. The number of nitrogens with zero attached hydrogens (tertiary/aromatic N) is 1. The van der Waals surface area contributed by atoms with Crippen LogP contribution in [0.4, 0.5) is 0 Å². The Balaban J connectivity index is 2.12.